The number of hydrazone groups is 1. The van der Waals surface area contributed by atoms with E-state index in [0.29, 0.717) is 6.61 Å². The molecule has 0 radical (unpaired) electrons. The molecule has 0 unspecified atom stereocenters. The van der Waals surface area contributed by atoms with Crippen molar-refractivity contribution in [2.45, 2.75) is 0 Å². The average molecular weight is 148 g/mol. The van der Waals surface area contributed by atoms with Gasteiger partial charge in [0.05, 0.1) is 11.9 Å². The number of rotatable bonds is 1. The van der Waals surface area contributed by atoms with Gasteiger partial charge in [-0.1, -0.05) is 18.2 Å². The third-order valence-corrected chi connectivity index (χ3v) is 1.43. The van der Waals surface area contributed by atoms with Gasteiger partial charge >= 0.3 is 0 Å². The predicted molar refractivity (Wildman–Crippen MR) is 43.4 cm³/mol. The summed E-state index contributed by atoms with van der Waals surface area (Å²) in [6.45, 7) is 0.564. The van der Waals surface area contributed by atoms with Crippen molar-refractivity contribution in [2.24, 2.45) is 5.10 Å². The highest BCUT2D eigenvalue weighted by molar-refractivity contribution is 5.63. The Morgan fingerprint density at radius 1 is 1.27 bits per heavy atom. The Morgan fingerprint density at radius 3 is 2.73 bits per heavy atom. The molecule has 56 valence electrons. The van der Waals surface area contributed by atoms with E-state index in [2.05, 4.69) is 5.10 Å². The molecule has 3 nitrogen and oxygen atoms in total. The number of anilines is 1. The van der Waals surface area contributed by atoms with Crippen LogP contribution in [-0.4, -0.2) is 12.8 Å². The van der Waals surface area contributed by atoms with Crippen molar-refractivity contribution in [3.8, 4) is 0 Å². The fourth-order valence-corrected chi connectivity index (χ4v) is 0.941. The van der Waals surface area contributed by atoms with Crippen LogP contribution in [0, 0.1) is 0 Å². The van der Waals surface area contributed by atoms with Crippen LogP contribution in [-0.2, 0) is 4.84 Å². The van der Waals surface area contributed by atoms with Crippen molar-refractivity contribution in [3.05, 3.63) is 30.3 Å². The highest BCUT2D eigenvalue weighted by Gasteiger charge is 2.07. The van der Waals surface area contributed by atoms with Gasteiger partial charge in [-0.25, -0.2) is 4.84 Å². The van der Waals surface area contributed by atoms with Crippen LogP contribution in [0.5, 0.6) is 0 Å². The molecule has 2 rings (SSSR count). The summed E-state index contributed by atoms with van der Waals surface area (Å²) in [7, 11) is 0. The van der Waals surface area contributed by atoms with E-state index in [4.69, 9.17) is 4.84 Å². The van der Waals surface area contributed by atoms with Gasteiger partial charge in [0.15, 0.2) is 0 Å². The number of nitrogens with zero attached hydrogens (tertiary/aromatic N) is 2. The van der Waals surface area contributed by atoms with Crippen molar-refractivity contribution in [2.75, 3.05) is 11.8 Å². The summed E-state index contributed by atoms with van der Waals surface area (Å²) in [5.74, 6) is 0. The van der Waals surface area contributed by atoms with E-state index in [1.807, 2.05) is 30.3 Å². The lowest BCUT2D eigenvalue weighted by atomic mass is 10.3. The van der Waals surface area contributed by atoms with E-state index >= 15 is 0 Å². The van der Waals surface area contributed by atoms with E-state index in [1.54, 1.807) is 6.21 Å². The molecule has 0 fully saturated rings. The minimum absolute atomic E-state index is 0.564. The zero-order valence-corrected chi connectivity index (χ0v) is 5.97. The summed E-state index contributed by atoms with van der Waals surface area (Å²) in [5, 5.41) is 5.51. The molecule has 0 bridgehead atoms. The van der Waals surface area contributed by atoms with Gasteiger partial charge in [0.1, 0.15) is 6.61 Å². The summed E-state index contributed by atoms with van der Waals surface area (Å²) in [5.41, 5.74) is 0.959. The fraction of sp³-hybridized carbons (Fsp3) is 0.125. The summed E-state index contributed by atoms with van der Waals surface area (Å²) in [6, 6.07) is 9.76. The molecule has 0 amide bonds. The van der Waals surface area contributed by atoms with E-state index in [1.165, 1.54) is 5.17 Å². The Bertz CT molecular complexity index is 258. The molecule has 11 heavy (non-hydrogen) atoms. The Hall–Kier alpha value is -1.35. The summed E-state index contributed by atoms with van der Waals surface area (Å²) < 4.78 is 0. The molecular formula is C8H8N2O. The predicted octanol–water partition coefficient (Wildman–Crippen LogP) is 1.42. The average Bonchev–Trinajstić information content (AvgIpc) is 2.58. The quantitative estimate of drug-likeness (QED) is 0.601. The first-order valence-corrected chi connectivity index (χ1v) is 3.47. The maximum absolute atomic E-state index is 5.15. The topological polar surface area (TPSA) is 24.8 Å². The maximum atomic E-state index is 5.15. The van der Waals surface area contributed by atoms with Gasteiger partial charge in [-0.05, 0) is 12.1 Å². The van der Waals surface area contributed by atoms with Gasteiger partial charge in [-0.3, -0.25) is 0 Å². The molecule has 0 aliphatic carbocycles. The molecule has 0 aromatic heterocycles. The van der Waals surface area contributed by atoms with Crippen LogP contribution in [0.25, 0.3) is 0 Å². The van der Waals surface area contributed by atoms with Gasteiger partial charge in [-0.2, -0.15) is 5.10 Å². The number of benzene rings is 1. The van der Waals surface area contributed by atoms with E-state index in [9.17, 15) is 0 Å². The van der Waals surface area contributed by atoms with E-state index in [0.717, 1.165) is 5.69 Å². The molecule has 0 spiro atoms. The zero-order valence-electron chi connectivity index (χ0n) is 5.97. The van der Waals surface area contributed by atoms with Crippen LogP contribution < -0.4 is 5.17 Å². The number of para-hydroxylation sites is 1. The smallest absolute Gasteiger partial charge is 0.114 e. The second-order valence-electron chi connectivity index (χ2n) is 2.20. The van der Waals surface area contributed by atoms with Gasteiger partial charge < -0.3 is 0 Å². The third-order valence-electron chi connectivity index (χ3n) is 1.43. The molecule has 1 aliphatic heterocycles. The van der Waals surface area contributed by atoms with Crippen LogP contribution >= 0.6 is 0 Å². The van der Waals surface area contributed by atoms with Gasteiger partial charge in [0.2, 0.25) is 0 Å². The second kappa shape index (κ2) is 2.72. The molecule has 0 saturated heterocycles. The molecule has 0 atom stereocenters. The lowest BCUT2D eigenvalue weighted by Gasteiger charge is -2.10. The largest absolute Gasteiger partial charge is 0.246 e. The van der Waals surface area contributed by atoms with E-state index < -0.39 is 0 Å². The first-order chi connectivity index (χ1) is 5.47. The molecule has 1 aromatic rings. The zero-order chi connectivity index (χ0) is 7.52. The van der Waals surface area contributed by atoms with Crippen molar-refractivity contribution in [1.29, 1.82) is 0 Å². The van der Waals surface area contributed by atoms with Crippen molar-refractivity contribution in [1.82, 2.24) is 0 Å². The second-order valence-corrected chi connectivity index (χ2v) is 2.20. The molecular weight excluding hydrogens is 140 g/mol. The lowest BCUT2D eigenvalue weighted by Crippen LogP contribution is -2.10. The van der Waals surface area contributed by atoms with Crippen LogP contribution in [0.2, 0.25) is 0 Å². The highest BCUT2D eigenvalue weighted by Crippen LogP contribution is 2.15. The van der Waals surface area contributed by atoms with Gasteiger partial charge in [0.25, 0.3) is 0 Å². The molecule has 1 aliphatic rings. The van der Waals surface area contributed by atoms with Gasteiger partial charge in [0, 0.05) is 0 Å². The minimum atomic E-state index is 0.564. The van der Waals surface area contributed by atoms with Crippen LogP contribution in [0.15, 0.2) is 35.4 Å². The molecule has 1 heterocycles. The van der Waals surface area contributed by atoms with Crippen LogP contribution in [0.3, 0.4) is 0 Å². The Labute approximate surface area is 64.8 Å². The molecule has 0 N–H and O–H groups in total. The van der Waals surface area contributed by atoms with Gasteiger partial charge in [-0.15, -0.1) is 5.17 Å². The molecule has 0 saturated carbocycles. The summed E-state index contributed by atoms with van der Waals surface area (Å²) in [6.07, 6.45) is 1.73. The van der Waals surface area contributed by atoms with Crippen LogP contribution in [0.1, 0.15) is 0 Å². The summed E-state index contributed by atoms with van der Waals surface area (Å²) >= 11 is 0. The SMILES string of the molecule is C1=NN(c2ccccc2)OC1. The summed E-state index contributed by atoms with van der Waals surface area (Å²) in [4.78, 5) is 5.15. The standard InChI is InChI=1S/C8H8N2O/c1-2-4-8(5-3-1)10-9-6-7-11-10/h1-6H,7H2. The Morgan fingerprint density at radius 2 is 2.09 bits per heavy atom. The molecule has 3 heteroatoms. The number of hydrogen-bond donors (Lipinski definition) is 0. The Balaban J connectivity index is 2.23. The first-order valence-electron chi connectivity index (χ1n) is 3.47. The van der Waals surface area contributed by atoms with Crippen molar-refractivity contribution in [3.63, 3.8) is 0 Å². The Kier molecular flexibility index (Phi) is 1.57. The lowest BCUT2D eigenvalue weighted by molar-refractivity contribution is 0.167. The van der Waals surface area contributed by atoms with Crippen LogP contribution in [0.4, 0.5) is 5.69 Å². The van der Waals surface area contributed by atoms with E-state index in [-0.39, 0.29) is 0 Å². The number of hydrogen-bond acceptors (Lipinski definition) is 3. The first kappa shape index (κ1) is 6.37. The third kappa shape index (κ3) is 1.23. The van der Waals surface area contributed by atoms with Crippen molar-refractivity contribution < 1.29 is 4.84 Å². The maximum Gasteiger partial charge on any atom is 0.114 e. The fourth-order valence-electron chi connectivity index (χ4n) is 0.941. The normalized spacial score (nSPS) is 15.8. The monoisotopic (exact) mass is 148 g/mol. The molecule has 1 aromatic carbocycles. The minimum Gasteiger partial charge on any atom is -0.246 e. The van der Waals surface area contributed by atoms with Crippen molar-refractivity contribution >= 4 is 11.9 Å². The highest BCUT2D eigenvalue weighted by atomic mass is 16.7.